The number of aromatic nitrogens is 1. The molecule has 0 aliphatic rings. The molecule has 17 heavy (non-hydrogen) atoms. The number of methoxy groups -OCH3 is 1. The first-order valence-electron chi connectivity index (χ1n) is 5.05. The second-order valence-electron chi connectivity index (χ2n) is 4.37. The lowest BCUT2D eigenvalue weighted by Gasteiger charge is -2.25. The Labute approximate surface area is 98.0 Å². The van der Waals surface area contributed by atoms with Crippen LogP contribution in [0.25, 0.3) is 0 Å². The predicted molar refractivity (Wildman–Crippen MR) is 58.8 cm³/mol. The van der Waals surface area contributed by atoms with E-state index in [2.05, 4.69) is 10.3 Å². The number of hydrogen-bond donors (Lipinski definition) is 1. The Morgan fingerprint density at radius 1 is 1.29 bits per heavy atom. The van der Waals surface area contributed by atoms with Crippen molar-refractivity contribution in [3.8, 4) is 0 Å². The largest absolute Gasteiger partial charge is 0.417 e. The molecule has 0 aliphatic carbocycles. The fourth-order valence-electron chi connectivity index (χ4n) is 1.38. The van der Waals surface area contributed by atoms with Crippen LogP contribution in [0.5, 0.6) is 0 Å². The van der Waals surface area contributed by atoms with E-state index in [9.17, 15) is 13.2 Å². The molecular weight excluding hydrogens is 233 g/mol. The molecule has 0 saturated heterocycles. The summed E-state index contributed by atoms with van der Waals surface area (Å²) in [5.74, 6) is 0.389. The second-order valence-corrected chi connectivity index (χ2v) is 4.37. The summed E-state index contributed by atoms with van der Waals surface area (Å²) in [6.45, 7) is 4.17. The van der Waals surface area contributed by atoms with E-state index < -0.39 is 11.7 Å². The third-order valence-corrected chi connectivity index (χ3v) is 2.06. The summed E-state index contributed by atoms with van der Waals surface area (Å²) in [6, 6.07) is 2.30. The molecule has 1 N–H and O–H groups in total. The molecule has 1 aromatic rings. The zero-order valence-electron chi connectivity index (χ0n) is 9.93. The van der Waals surface area contributed by atoms with Crippen molar-refractivity contribution in [1.82, 2.24) is 4.98 Å². The standard InChI is InChI=1S/C11H15F3N2O/c1-10(2,7-17-3)16-9-5-4-8(6-15-9)11(12,13)14/h4-6H,7H2,1-3H3,(H,15,16). The summed E-state index contributed by atoms with van der Waals surface area (Å²) >= 11 is 0. The van der Waals surface area contributed by atoms with Crippen LogP contribution in [-0.2, 0) is 10.9 Å². The SMILES string of the molecule is COCC(C)(C)Nc1ccc(C(F)(F)F)cn1. The van der Waals surface area contributed by atoms with Crippen molar-refractivity contribution >= 4 is 5.82 Å². The summed E-state index contributed by atoms with van der Waals surface area (Å²) < 4.78 is 41.9. The van der Waals surface area contributed by atoms with Gasteiger partial charge in [0.1, 0.15) is 5.82 Å². The van der Waals surface area contributed by atoms with E-state index in [0.29, 0.717) is 12.4 Å². The minimum Gasteiger partial charge on any atom is -0.382 e. The van der Waals surface area contributed by atoms with Gasteiger partial charge in [-0.05, 0) is 26.0 Å². The van der Waals surface area contributed by atoms with Crippen LogP contribution in [0.15, 0.2) is 18.3 Å². The Morgan fingerprint density at radius 3 is 2.35 bits per heavy atom. The number of hydrogen-bond acceptors (Lipinski definition) is 3. The molecule has 0 spiro atoms. The molecule has 0 atom stereocenters. The Hall–Kier alpha value is -1.30. The van der Waals surface area contributed by atoms with Gasteiger partial charge in [-0.3, -0.25) is 0 Å². The molecule has 1 heterocycles. The molecule has 0 saturated carbocycles. The number of ether oxygens (including phenoxy) is 1. The summed E-state index contributed by atoms with van der Waals surface area (Å²) in [4.78, 5) is 3.73. The highest BCUT2D eigenvalue weighted by atomic mass is 19.4. The molecule has 0 radical (unpaired) electrons. The maximum Gasteiger partial charge on any atom is 0.417 e. The topological polar surface area (TPSA) is 34.1 Å². The number of nitrogens with zero attached hydrogens (tertiary/aromatic N) is 1. The number of pyridine rings is 1. The van der Waals surface area contributed by atoms with E-state index in [0.717, 1.165) is 12.3 Å². The average molecular weight is 248 g/mol. The van der Waals surface area contributed by atoms with Crippen LogP contribution in [0.4, 0.5) is 19.0 Å². The zero-order chi connectivity index (χ0) is 13.1. The number of alkyl halides is 3. The third kappa shape index (κ3) is 4.22. The summed E-state index contributed by atoms with van der Waals surface area (Å²) in [6.07, 6.45) is -3.54. The van der Waals surface area contributed by atoms with Gasteiger partial charge >= 0.3 is 6.18 Å². The monoisotopic (exact) mass is 248 g/mol. The van der Waals surface area contributed by atoms with Crippen LogP contribution in [0, 0.1) is 0 Å². The van der Waals surface area contributed by atoms with Crippen molar-refractivity contribution in [1.29, 1.82) is 0 Å². The van der Waals surface area contributed by atoms with Crippen LogP contribution < -0.4 is 5.32 Å². The van der Waals surface area contributed by atoms with Gasteiger partial charge in [0.2, 0.25) is 0 Å². The molecule has 96 valence electrons. The van der Waals surface area contributed by atoms with Gasteiger partial charge in [0.25, 0.3) is 0 Å². The first kappa shape index (κ1) is 13.8. The van der Waals surface area contributed by atoms with Gasteiger partial charge < -0.3 is 10.1 Å². The van der Waals surface area contributed by atoms with Gasteiger partial charge in [-0.1, -0.05) is 0 Å². The van der Waals surface area contributed by atoms with Crippen molar-refractivity contribution in [3.63, 3.8) is 0 Å². The lowest BCUT2D eigenvalue weighted by atomic mass is 10.1. The summed E-state index contributed by atoms with van der Waals surface area (Å²) in [7, 11) is 1.56. The minimum atomic E-state index is -4.35. The summed E-state index contributed by atoms with van der Waals surface area (Å²) in [5, 5.41) is 2.99. The Bertz CT molecular complexity index is 360. The lowest BCUT2D eigenvalue weighted by Crippen LogP contribution is -2.36. The smallest absolute Gasteiger partial charge is 0.382 e. The minimum absolute atomic E-state index is 0.387. The van der Waals surface area contributed by atoms with E-state index in [4.69, 9.17) is 4.74 Å². The summed E-state index contributed by atoms with van der Waals surface area (Å²) in [5.41, 5.74) is -1.14. The lowest BCUT2D eigenvalue weighted by molar-refractivity contribution is -0.137. The van der Waals surface area contributed by atoms with Crippen LogP contribution in [0.1, 0.15) is 19.4 Å². The van der Waals surface area contributed by atoms with Gasteiger partial charge in [0, 0.05) is 13.3 Å². The highest BCUT2D eigenvalue weighted by molar-refractivity contribution is 5.38. The van der Waals surface area contributed by atoms with Gasteiger partial charge in [-0.25, -0.2) is 4.98 Å². The van der Waals surface area contributed by atoms with Crippen LogP contribution in [-0.4, -0.2) is 24.2 Å². The Morgan fingerprint density at radius 2 is 1.94 bits per heavy atom. The Kier molecular flexibility index (Phi) is 3.98. The Balaban J connectivity index is 2.75. The second kappa shape index (κ2) is 4.91. The fourth-order valence-corrected chi connectivity index (χ4v) is 1.38. The van der Waals surface area contributed by atoms with Gasteiger partial charge in [-0.2, -0.15) is 13.2 Å². The molecule has 1 rings (SSSR count). The molecular formula is C11H15F3N2O. The van der Waals surface area contributed by atoms with E-state index in [1.165, 1.54) is 6.07 Å². The van der Waals surface area contributed by atoms with E-state index in [1.54, 1.807) is 7.11 Å². The number of anilines is 1. The highest BCUT2D eigenvalue weighted by Crippen LogP contribution is 2.29. The molecule has 0 aromatic carbocycles. The van der Waals surface area contributed by atoms with Gasteiger partial charge in [-0.15, -0.1) is 0 Å². The predicted octanol–water partition coefficient (Wildman–Crippen LogP) is 2.94. The molecule has 3 nitrogen and oxygen atoms in total. The highest BCUT2D eigenvalue weighted by Gasteiger charge is 2.30. The number of nitrogens with one attached hydrogen (secondary N) is 1. The quantitative estimate of drug-likeness (QED) is 0.889. The van der Waals surface area contributed by atoms with Gasteiger partial charge in [0.15, 0.2) is 0 Å². The molecule has 6 heteroatoms. The number of rotatable bonds is 4. The fraction of sp³-hybridized carbons (Fsp3) is 0.545. The van der Waals surface area contributed by atoms with Crippen molar-refractivity contribution in [2.75, 3.05) is 19.0 Å². The maximum atomic E-state index is 12.3. The zero-order valence-corrected chi connectivity index (χ0v) is 9.93. The van der Waals surface area contributed by atoms with Gasteiger partial charge in [0.05, 0.1) is 17.7 Å². The maximum absolute atomic E-state index is 12.3. The molecule has 0 bridgehead atoms. The van der Waals surface area contributed by atoms with Crippen LogP contribution in [0.3, 0.4) is 0 Å². The third-order valence-electron chi connectivity index (χ3n) is 2.06. The average Bonchev–Trinajstić information content (AvgIpc) is 2.16. The molecule has 0 aliphatic heterocycles. The first-order chi connectivity index (χ1) is 7.74. The van der Waals surface area contributed by atoms with E-state index in [1.807, 2.05) is 13.8 Å². The van der Waals surface area contributed by atoms with Crippen LogP contribution in [0.2, 0.25) is 0 Å². The van der Waals surface area contributed by atoms with Crippen LogP contribution >= 0.6 is 0 Å². The van der Waals surface area contributed by atoms with Crippen molar-refractivity contribution in [2.24, 2.45) is 0 Å². The molecule has 0 amide bonds. The molecule has 0 unspecified atom stereocenters. The first-order valence-corrected chi connectivity index (χ1v) is 5.05. The van der Waals surface area contributed by atoms with E-state index in [-0.39, 0.29) is 5.54 Å². The normalized spacial score (nSPS) is 12.6. The van der Waals surface area contributed by atoms with Crippen molar-refractivity contribution < 1.29 is 17.9 Å². The number of halogens is 3. The van der Waals surface area contributed by atoms with Crippen molar-refractivity contribution in [3.05, 3.63) is 23.9 Å². The molecule has 1 aromatic heterocycles. The molecule has 0 fully saturated rings. The van der Waals surface area contributed by atoms with E-state index >= 15 is 0 Å². The van der Waals surface area contributed by atoms with Crippen molar-refractivity contribution in [2.45, 2.75) is 25.6 Å².